The van der Waals surface area contributed by atoms with Gasteiger partial charge in [0.25, 0.3) is 0 Å². The lowest BCUT2D eigenvalue weighted by atomic mass is 9.98. The van der Waals surface area contributed by atoms with Crippen LogP contribution in [0.15, 0.2) is 24.3 Å². The van der Waals surface area contributed by atoms with Crippen LogP contribution in [0.5, 0.6) is 0 Å². The topological polar surface area (TPSA) is 43.8 Å². The largest absolute Gasteiger partial charge is 0.322 e. The maximum Gasteiger partial charge on any atom is 0.0597 e. The van der Waals surface area contributed by atoms with Gasteiger partial charge < -0.3 is 5.73 Å². The van der Waals surface area contributed by atoms with E-state index in [9.17, 15) is 0 Å². The van der Waals surface area contributed by atoms with Gasteiger partial charge in [0.2, 0.25) is 0 Å². The number of aromatic nitrogens is 2. The van der Waals surface area contributed by atoms with E-state index in [0.717, 1.165) is 24.4 Å². The van der Waals surface area contributed by atoms with Gasteiger partial charge in [-0.3, -0.25) is 4.68 Å². The zero-order valence-electron chi connectivity index (χ0n) is 12.3. The summed E-state index contributed by atoms with van der Waals surface area (Å²) in [5.74, 6) is 0. The third-order valence-corrected chi connectivity index (χ3v) is 3.56. The van der Waals surface area contributed by atoms with Gasteiger partial charge in [-0.15, -0.1) is 0 Å². The predicted octanol–water partition coefficient (Wildman–Crippen LogP) is 3.07. The Morgan fingerprint density at radius 2 is 1.95 bits per heavy atom. The second-order valence-corrected chi connectivity index (χ2v) is 5.27. The minimum absolute atomic E-state index is 0.00153. The Labute approximate surface area is 115 Å². The quantitative estimate of drug-likeness (QED) is 0.914. The van der Waals surface area contributed by atoms with Gasteiger partial charge in [-0.2, -0.15) is 5.10 Å². The van der Waals surface area contributed by atoms with Crippen LogP contribution in [0.1, 0.15) is 41.0 Å². The molecule has 0 spiro atoms. The number of hydrogen-bond acceptors (Lipinski definition) is 2. The van der Waals surface area contributed by atoms with Gasteiger partial charge in [0, 0.05) is 6.54 Å². The molecule has 2 N–H and O–H groups in total. The number of nitrogens with two attached hydrogens (primary N) is 1. The van der Waals surface area contributed by atoms with Crippen LogP contribution < -0.4 is 5.73 Å². The third kappa shape index (κ3) is 3.04. The van der Waals surface area contributed by atoms with Crippen molar-refractivity contribution in [3.05, 3.63) is 52.3 Å². The second kappa shape index (κ2) is 5.57. The molecule has 0 amide bonds. The molecule has 0 aliphatic rings. The normalized spacial score (nSPS) is 12.7. The third-order valence-electron chi connectivity index (χ3n) is 3.56. The molecule has 0 saturated carbocycles. The minimum atomic E-state index is 0.00153. The van der Waals surface area contributed by atoms with Crippen molar-refractivity contribution >= 4 is 0 Å². The van der Waals surface area contributed by atoms with Crippen LogP contribution in [0.4, 0.5) is 0 Å². The molecule has 3 nitrogen and oxygen atoms in total. The molecule has 1 aromatic carbocycles. The van der Waals surface area contributed by atoms with E-state index < -0.39 is 0 Å². The molecular formula is C16H23N3. The maximum atomic E-state index is 6.37. The van der Waals surface area contributed by atoms with Gasteiger partial charge in [0.05, 0.1) is 17.4 Å². The molecule has 19 heavy (non-hydrogen) atoms. The number of hydrogen-bond donors (Lipinski definition) is 1. The molecule has 0 fully saturated rings. The molecule has 1 aromatic heterocycles. The molecule has 0 saturated heterocycles. The summed E-state index contributed by atoms with van der Waals surface area (Å²) < 4.78 is 2.01. The van der Waals surface area contributed by atoms with E-state index in [1.807, 2.05) is 11.6 Å². The van der Waals surface area contributed by atoms with Crippen LogP contribution in [-0.4, -0.2) is 9.78 Å². The molecule has 0 bridgehead atoms. The highest BCUT2D eigenvalue weighted by molar-refractivity contribution is 5.32. The molecule has 102 valence electrons. The highest BCUT2D eigenvalue weighted by Gasteiger charge is 2.14. The van der Waals surface area contributed by atoms with E-state index in [0.29, 0.717) is 0 Å². The SMILES string of the molecule is CCn1nc(C)cc1C(N)Cc1cc(C)ccc1C. The Morgan fingerprint density at radius 1 is 1.21 bits per heavy atom. The number of rotatable bonds is 4. The maximum absolute atomic E-state index is 6.37. The summed E-state index contributed by atoms with van der Waals surface area (Å²) in [6.45, 7) is 9.24. The lowest BCUT2D eigenvalue weighted by Gasteiger charge is -2.15. The zero-order chi connectivity index (χ0) is 14.0. The summed E-state index contributed by atoms with van der Waals surface area (Å²) in [6, 6.07) is 8.64. The average Bonchev–Trinajstić information content (AvgIpc) is 2.75. The van der Waals surface area contributed by atoms with Crippen molar-refractivity contribution in [1.29, 1.82) is 0 Å². The zero-order valence-corrected chi connectivity index (χ0v) is 12.3. The van der Waals surface area contributed by atoms with Crippen LogP contribution in [0.3, 0.4) is 0 Å². The van der Waals surface area contributed by atoms with E-state index in [1.165, 1.54) is 16.7 Å². The molecule has 0 radical (unpaired) electrons. The van der Waals surface area contributed by atoms with Crippen molar-refractivity contribution in [2.24, 2.45) is 5.73 Å². The van der Waals surface area contributed by atoms with E-state index >= 15 is 0 Å². The molecule has 3 heteroatoms. The first kappa shape index (κ1) is 13.8. The first-order valence-electron chi connectivity index (χ1n) is 6.87. The summed E-state index contributed by atoms with van der Waals surface area (Å²) in [5.41, 5.74) is 12.5. The second-order valence-electron chi connectivity index (χ2n) is 5.27. The standard InChI is InChI=1S/C16H23N3/c1-5-19-16(9-13(4)18-19)15(17)10-14-8-11(2)6-7-12(14)3/h6-9,15H,5,10,17H2,1-4H3. The fraction of sp³-hybridized carbons (Fsp3) is 0.438. The van der Waals surface area contributed by atoms with E-state index in [4.69, 9.17) is 5.73 Å². The first-order valence-corrected chi connectivity index (χ1v) is 6.87. The summed E-state index contributed by atoms with van der Waals surface area (Å²) in [4.78, 5) is 0. The highest BCUT2D eigenvalue weighted by atomic mass is 15.3. The van der Waals surface area contributed by atoms with Gasteiger partial charge in [0.1, 0.15) is 0 Å². The lowest BCUT2D eigenvalue weighted by Crippen LogP contribution is -2.18. The Bertz CT molecular complexity index is 569. The van der Waals surface area contributed by atoms with Crippen molar-refractivity contribution < 1.29 is 0 Å². The molecule has 1 atom stereocenters. The molecule has 1 unspecified atom stereocenters. The smallest absolute Gasteiger partial charge is 0.0597 e. The number of aryl methyl sites for hydroxylation is 4. The summed E-state index contributed by atoms with van der Waals surface area (Å²) in [7, 11) is 0. The van der Waals surface area contributed by atoms with Crippen LogP contribution in [0.25, 0.3) is 0 Å². The van der Waals surface area contributed by atoms with Crippen LogP contribution in [0.2, 0.25) is 0 Å². The van der Waals surface area contributed by atoms with Gasteiger partial charge >= 0.3 is 0 Å². The Balaban J connectivity index is 2.25. The van der Waals surface area contributed by atoms with Crippen LogP contribution in [0, 0.1) is 20.8 Å². The monoisotopic (exact) mass is 257 g/mol. The van der Waals surface area contributed by atoms with E-state index in [1.54, 1.807) is 0 Å². The van der Waals surface area contributed by atoms with E-state index in [2.05, 4.69) is 50.1 Å². The predicted molar refractivity (Wildman–Crippen MR) is 79.2 cm³/mol. The number of benzene rings is 1. The summed E-state index contributed by atoms with van der Waals surface area (Å²) in [5, 5.41) is 4.47. The molecule has 2 rings (SSSR count). The van der Waals surface area contributed by atoms with Crippen molar-refractivity contribution in [2.45, 2.75) is 46.7 Å². The van der Waals surface area contributed by atoms with Crippen molar-refractivity contribution in [1.82, 2.24) is 9.78 Å². The Morgan fingerprint density at radius 3 is 2.63 bits per heavy atom. The lowest BCUT2D eigenvalue weighted by molar-refractivity contribution is 0.566. The van der Waals surface area contributed by atoms with E-state index in [-0.39, 0.29) is 6.04 Å². The minimum Gasteiger partial charge on any atom is -0.322 e. The first-order chi connectivity index (χ1) is 9.01. The molecule has 1 heterocycles. The molecule has 2 aromatic rings. The fourth-order valence-corrected chi connectivity index (χ4v) is 2.48. The Kier molecular flexibility index (Phi) is 4.05. The Hall–Kier alpha value is -1.61. The van der Waals surface area contributed by atoms with Crippen LogP contribution >= 0.6 is 0 Å². The fourth-order valence-electron chi connectivity index (χ4n) is 2.48. The van der Waals surface area contributed by atoms with Gasteiger partial charge in [-0.25, -0.2) is 0 Å². The van der Waals surface area contributed by atoms with Crippen LogP contribution in [-0.2, 0) is 13.0 Å². The molecular weight excluding hydrogens is 234 g/mol. The molecule has 0 aliphatic carbocycles. The van der Waals surface area contributed by atoms with Crippen molar-refractivity contribution in [2.75, 3.05) is 0 Å². The van der Waals surface area contributed by atoms with Gasteiger partial charge in [0.15, 0.2) is 0 Å². The van der Waals surface area contributed by atoms with Gasteiger partial charge in [-0.05, 0) is 51.3 Å². The summed E-state index contributed by atoms with van der Waals surface area (Å²) in [6.07, 6.45) is 0.860. The highest BCUT2D eigenvalue weighted by Crippen LogP contribution is 2.20. The van der Waals surface area contributed by atoms with Gasteiger partial charge in [-0.1, -0.05) is 23.8 Å². The van der Waals surface area contributed by atoms with Crippen molar-refractivity contribution in [3.8, 4) is 0 Å². The number of nitrogens with zero attached hydrogens (tertiary/aromatic N) is 2. The van der Waals surface area contributed by atoms with Crippen molar-refractivity contribution in [3.63, 3.8) is 0 Å². The molecule has 0 aliphatic heterocycles. The average molecular weight is 257 g/mol. The summed E-state index contributed by atoms with van der Waals surface area (Å²) >= 11 is 0.